The van der Waals surface area contributed by atoms with Crippen molar-refractivity contribution in [1.82, 2.24) is 4.31 Å². The minimum Gasteiger partial charge on any atom is -0.493 e. The Labute approximate surface area is 246 Å². The second-order valence-electron chi connectivity index (χ2n) is 10.4. The highest BCUT2D eigenvalue weighted by molar-refractivity contribution is 7.89. The molecule has 0 unspecified atom stereocenters. The van der Waals surface area contributed by atoms with Gasteiger partial charge in [-0.15, -0.1) is 0 Å². The maximum Gasteiger partial charge on any atom is 0.246 e. The van der Waals surface area contributed by atoms with Crippen molar-refractivity contribution < 1.29 is 32.8 Å². The van der Waals surface area contributed by atoms with E-state index in [0.29, 0.717) is 28.2 Å². The Morgan fingerprint density at radius 3 is 2.00 bits per heavy atom. The Morgan fingerprint density at radius 1 is 0.810 bits per heavy atom. The maximum atomic E-state index is 14.1. The van der Waals surface area contributed by atoms with Crippen LogP contribution >= 0.6 is 0 Å². The molecule has 5 rings (SSSR count). The van der Waals surface area contributed by atoms with Gasteiger partial charge in [-0.2, -0.15) is 4.31 Å². The summed E-state index contributed by atoms with van der Waals surface area (Å²) in [6.07, 6.45) is -3.32. The minimum atomic E-state index is -4.31. The molecular formula is C33H35NO7S. The molecule has 4 aromatic rings. The van der Waals surface area contributed by atoms with Gasteiger partial charge in [0.1, 0.15) is 12.7 Å². The molecule has 0 saturated carbocycles. The summed E-state index contributed by atoms with van der Waals surface area (Å²) in [7, 11) is -2.80. The molecule has 8 nitrogen and oxygen atoms in total. The quantitative estimate of drug-likeness (QED) is 0.262. The summed E-state index contributed by atoms with van der Waals surface area (Å²) < 4.78 is 47.4. The van der Waals surface area contributed by atoms with Crippen molar-refractivity contribution in [3.63, 3.8) is 0 Å². The third-order valence-electron chi connectivity index (χ3n) is 7.41. The number of hydrogen-bond acceptors (Lipinski definition) is 7. The number of hydrogen-bond donors (Lipinski definition) is 2. The molecule has 0 radical (unpaired) electrons. The number of aliphatic hydroxyl groups excluding tert-OH is 2. The lowest BCUT2D eigenvalue weighted by atomic mass is 9.88. The minimum absolute atomic E-state index is 0.0123. The predicted molar refractivity (Wildman–Crippen MR) is 159 cm³/mol. The summed E-state index contributed by atoms with van der Waals surface area (Å²) in [5.74, 6) is 0.703. The van der Waals surface area contributed by atoms with E-state index in [4.69, 9.17) is 14.2 Å². The highest BCUT2D eigenvalue weighted by Crippen LogP contribution is 2.50. The van der Waals surface area contributed by atoms with Crippen LogP contribution in [0, 0.1) is 13.8 Å². The Bertz CT molecular complexity index is 1610. The van der Waals surface area contributed by atoms with Crippen molar-refractivity contribution in [3.8, 4) is 11.5 Å². The molecule has 1 heterocycles. The Hall–Kier alpha value is -3.73. The molecule has 1 aliphatic rings. The van der Waals surface area contributed by atoms with E-state index < -0.39 is 28.4 Å². The number of nitrogens with zero attached hydrogens (tertiary/aromatic N) is 1. The van der Waals surface area contributed by atoms with Crippen LogP contribution in [0.15, 0.2) is 95.9 Å². The lowest BCUT2D eigenvalue weighted by Crippen LogP contribution is -2.50. The fourth-order valence-electron chi connectivity index (χ4n) is 5.30. The summed E-state index contributed by atoms with van der Waals surface area (Å²) in [4.78, 5) is -0.0123. The Kier molecular flexibility index (Phi) is 8.96. The topological polar surface area (TPSA) is 106 Å². The van der Waals surface area contributed by atoms with E-state index in [0.717, 1.165) is 21.0 Å². The van der Waals surface area contributed by atoms with Crippen LogP contribution in [0.25, 0.3) is 0 Å². The van der Waals surface area contributed by atoms with Crippen molar-refractivity contribution in [2.45, 2.75) is 50.3 Å². The molecule has 0 aromatic heterocycles. The molecular weight excluding hydrogens is 554 g/mol. The van der Waals surface area contributed by atoms with Crippen LogP contribution in [0.5, 0.6) is 11.5 Å². The first-order valence-electron chi connectivity index (χ1n) is 13.7. The third-order valence-corrected chi connectivity index (χ3v) is 9.30. The van der Waals surface area contributed by atoms with Crippen LogP contribution in [0.2, 0.25) is 0 Å². The van der Waals surface area contributed by atoms with Gasteiger partial charge in [0.15, 0.2) is 17.7 Å². The molecule has 0 amide bonds. The van der Waals surface area contributed by atoms with Crippen molar-refractivity contribution in [3.05, 3.63) is 124 Å². The first-order valence-corrected chi connectivity index (χ1v) is 15.1. The van der Waals surface area contributed by atoms with Crippen LogP contribution in [-0.2, 0) is 28.0 Å². The number of rotatable bonds is 10. The summed E-state index contributed by atoms with van der Waals surface area (Å²) >= 11 is 0. The summed E-state index contributed by atoms with van der Waals surface area (Å²) in [5, 5.41) is 22.8. The number of benzene rings is 4. The molecule has 9 heteroatoms. The molecule has 0 bridgehead atoms. The molecule has 0 aliphatic carbocycles. The van der Waals surface area contributed by atoms with E-state index >= 15 is 0 Å². The van der Waals surface area contributed by atoms with Gasteiger partial charge in [0, 0.05) is 5.56 Å². The smallest absolute Gasteiger partial charge is 0.246 e. The average Bonchev–Trinajstić information content (AvgIpc) is 2.99. The summed E-state index contributed by atoms with van der Waals surface area (Å²) in [6.45, 7) is 3.94. The van der Waals surface area contributed by atoms with Crippen LogP contribution in [0.3, 0.4) is 0 Å². The van der Waals surface area contributed by atoms with Crippen molar-refractivity contribution in [1.29, 1.82) is 0 Å². The van der Waals surface area contributed by atoms with Crippen molar-refractivity contribution in [2.24, 2.45) is 0 Å². The summed E-state index contributed by atoms with van der Waals surface area (Å²) in [6, 6.07) is 26.1. The number of sulfonamides is 1. The zero-order valence-corrected chi connectivity index (χ0v) is 24.6. The largest absolute Gasteiger partial charge is 0.493 e. The van der Waals surface area contributed by atoms with Gasteiger partial charge < -0.3 is 24.4 Å². The van der Waals surface area contributed by atoms with E-state index in [1.54, 1.807) is 18.2 Å². The second-order valence-corrected chi connectivity index (χ2v) is 12.2. The van der Waals surface area contributed by atoms with Gasteiger partial charge in [-0.05, 0) is 54.3 Å². The van der Waals surface area contributed by atoms with Gasteiger partial charge >= 0.3 is 0 Å². The first-order chi connectivity index (χ1) is 20.2. The number of aryl methyl sites for hydroxylation is 2. The lowest BCUT2D eigenvalue weighted by molar-refractivity contribution is -0.0877. The van der Waals surface area contributed by atoms with Gasteiger partial charge in [-0.25, -0.2) is 8.42 Å². The number of fused-ring (bicyclic) bond motifs is 1. The van der Waals surface area contributed by atoms with E-state index in [9.17, 15) is 18.6 Å². The zero-order chi connectivity index (χ0) is 29.9. The monoisotopic (exact) mass is 589 g/mol. The molecule has 4 aromatic carbocycles. The van der Waals surface area contributed by atoms with Crippen molar-refractivity contribution >= 4 is 10.0 Å². The van der Waals surface area contributed by atoms with Crippen LogP contribution < -0.4 is 9.47 Å². The fourth-order valence-corrected chi connectivity index (χ4v) is 6.92. The third kappa shape index (κ3) is 5.92. The molecule has 1 aliphatic heterocycles. The molecule has 2 N–H and O–H groups in total. The van der Waals surface area contributed by atoms with Crippen LogP contribution in [0.4, 0.5) is 0 Å². The normalized spacial score (nSPS) is 18.8. The number of methoxy groups -OCH3 is 1. The predicted octanol–water partition coefficient (Wildman–Crippen LogP) is 5.21. The molecule has 0 fully saturated rings. The van der Waals surface area contributed by atoms with E-state index in [1.807, 2.05) is 74.5 Å². The van der Waals surface area contributed by atoms with Gasteiger partial charge in [0.2, 0.25) is 10.0 Å². The standard InChI is InChI=1S/C33H35NO7S/c1-22-14-16-26(17-15-22)42(37,38)34-28(21-40-19-24-10-6-4-7-11-24)29-27(30(35)33(34)36)18-23(2)31(39-3)32(29)41-20-25-12-8-5-9-13-25/h4-18,28,30,33,35-36H,19-21H2,1-3H3/t28-,30-,33-/m0/s1. The van der Waals surface area contributed by atoms with E-state index in [2.05, 4.69) is 0 Å². The highest BCUT2D eigenvalue weighted by Gasteiger charge is 2.48. The average molecular weight is 590 g/mol. The van der Waals surface area contributed by atoms with E-state index in [-0.39, 0.29) is 24.7 Å². The Morgan fingerprint density at radius 2 is 1.40 bits per heavy atom. The maximum absolute atomic E-state index is 14.1. The summed E-state index contributed by atoms with van der Waals surface area (Å²) in [5.41, 5.74) is 4.10. The van der Waals surface area contributed by atoms with Gasteiger partial charge in [0.25, 0.3) is 0 Å². The Balaban J connectivity index is 1.64. The second kappa shape index (κ2) is 12.6. The van der Waals surface area contributed by atoms with Gasteiger partial charge in [-0.1, -0.05) is 78.4 Å². The molecule has 3 atom stereocenters. The SMILES string of the molecule is COc1c(C)cc2c(c1OCc1ccccc1)[C@H](COCc1ccccc1)N(S(=O)(=O)c1ccc(C)cc1)[C@@H](O)[C@H]2O. The lowest BCUT2D eigenvalue weighted by Gasteiger charge is -2.43. The molecule has 0 spiro atoms. The number of ether oxygens (including phenoxy) is 3. The fraction of sp³-hybridized carbons (Fsp3) is 0.273. The van der Waals surface area contributed by atoms with Crippen LogP contribution in [0.1, 0.15) is 45.5 Å². The highest BCUT2D eigenvalue weighted by atomic mass is 32.2. The molecule has 42 heavy (non-hydrogen) atoms. The zero-order valence-electron chi connectivity index (χ0n) is 23.8. The first kappa shape index (κ1) is 29.8. The molecule has 220 valence electrons. The van der Waals surface area contributed by atoms with Crippen molar-refractivity contribution in [2.75, 3.05) is 13.7 Å². The van der Waals surface area contributed by atoms with Gasteiger partial charge in [-0.3, -0.25) is 0 Å². The van der Waals surface area contributed by atoms with Gasteiger partial charge in [0.05, 0.1) is 31.3 Å². The van der Waals surface area contributed by atoms with E-state index in [1.165, 1.54) is 19.2 Å². The molecule has 0 saturated heterocycles. The number of aliphatic hydroxyl groups is 2. The van der Waals surface area contributed by atoms with Crippen LogP contribution in [-0.4, -0.2) is 42.9 Å².